The number of ether oxygens (including phenoxy) is 1. The molecule has 1 unspecified atom stereocenters. The number of anilines is 1. The Hall–Kier alpha value is -5.15. The average molecular weight is 577 g/mol. The number of nitrogens with zero attached hydrogens (tertiary/aromatic N) is 2. The molecule has 3 heterocycles. The second kappa shape index (κ2) is 11.3. The molecule has 9 heteroatoms. The highest BCUT2D eigenvalue weighted by molar-refractivity contribution is 6.35. The average Bonchev–Trinajstić information content (AvgIpc) is 3.71. The van der Waals surface area contributed by atoms with Crippen molar-refractivity contribution >= 4 is 35.1 Å². The first-order valence-corrected chi connectivity index (χ1v) is 14.2. The summed E-state index contributed by atoms with van der Waals surface area (Å²) < 4.78 is 7.23. The van der Waals surface area contributed by atoms with Crippen LogP contribution in [0, 0.1) is 6.92 Å². The van der Waals surface area contributed by atoms with Crippen LogP contribution in [-0.4, -0.2) is 52.6 Å². The van der Waals surface area contributed by atoms with Gasteiger partial charge >= 0.3 is 5.97 Å². The number of carbonyl (C=O) groups excluding carboxylic acids is 2. The maximum Gasteiger partial charge on any atom is 0.338 e. The molecule has 3 aromatic carbocycles. The lowest BCUT2D eigenvalue weighted by Gasteiger charge is -2.29. The van der Waals surface area contributed by atoms with Gasteiger partial charge in [-0.2, -0.15) is 0 Å². The molecule has 1 saturated heterocycles. The number of rotatable bonds is 8. The molecule has 2 aliphatic heterocycles. The van der Waals surface area contributed by atoms with Gasteiger partial charge in [0.05, 0.1) is 23.9 Å². The number of carbonyl (C=O) groups is 3. The first-order chi connectivity index (χ1) is 20.8. The number of benzene rings is 3. The van der Waals surface area contributed by atoms with E-state index >= 15 is 0 Å². The molecule has 43 heavy (non-hydrogen) atoms. The Bertz CT molecular complexity index is 1780. The van der Waals surface area contributed by atoms with Crippen molar-refractivity contribution in [2.24, 2.45) is 5.73 Å². The smallest absolute Gasteiger partial charge is 0.338 e. The van der Waals surface area contributed by atoms with Gasteiger partial charge in [0.25, 0.3) is 11.8 Å². The fraction of sp³-hybridized carbons (Fsp3) is 0.206. The Morgan fingerprint density at radius 2 is 1.67 bits per heavy atom. The van der Waals surface area contributed by atoms with Gasteiger partial charge in [-0.3, -0.25) is 14.5 Å². The molecule has 1 aromatic heterocycles. The van der Waals surface area contributed by atoms with Crippen molar-refractivity contribution in [3.63, 3.8) is 0 Å². The number of carboxylic acids is 1. The molecule has 1 atom stereocenters. The highest BCUT2D eigenvalue weighted by Gasteiger charge is 2.36. The second-order valence-corrected chi connectivity index (χ2v) is 10.8. The molecule has 4 aromatic rings. The molecule has 0 aliphatic carbocycles. The van der Waals surface area contributed by atoms with Crippen LogP contribution in [0.25, 0.3) is 33.9 Å². The van der Waals surface area contributed by atoms with E-state index in [1.807, 2.05) is 77.7 Å². The molecule has 218 valence electrons. The number of amides is 2. The summed E-state index contributed by atoms with van der Waals surface area (Å²) in [5.41, 5.74) is 11.4. The van der Waals surface area contributed by atoms with Crippen LogP contribution in [0.2, 0.25) is 0 Å². The van der Waals surface area contributed by atoms with Crippen LogP contribution < -0.4 is 15.8 Å². The lowest BCUT2D eigenvalue weighted by molar-refractivity contribution is -0.126. The van der Waals surface area contributed by atoms with E-state index in [-0.39, 0.29) is 11.5 Å². The van der Waals surface area contributed by atoms with E-state index in [0.717, 1.165) is 24.0 Å². The van der Waals surface area contributed by atoms with Crippen LogP contribution in [-0.2, 0) is 9.59 Å². The van der Waals surface area contributed by atoms with Gasteiger partial charge in [0, 0.05) is 41.2 Å². The fourth-order valence-corrected chi connectivity index (χ4v) is 6.33. The summed E-state index contributed by atoms with van der Waals surface area (Å²) in [5, 5.41) is 13.4. The zero-order valence-corrected chi connectivity index (χ0v) is 24.0. The molecule has 1 fully saturated rings. The Kier molecular flexibility index (Phi) is 7.33. The van der Waals surface area contributed by atoms with E-state index in [1.165, 1.54) is 0 Å². The van der Waals surface area contributed by atoms with Gasteiger partial charge in [-0.15, -0.1) is 0 Å². The number of carboxylic acid groups (broad SMARTS) is 1. The van der Waals surface area contributed by atoms with Crippen molar-refractivity contribution in [1.82, 2.24) is 9.47 Å². The molecule has 6 rings (SSSR count). The summed E-state index contributed by atoms with van der Waals surface area (Å²) in [6.45, 7) is 2.99. The summed E-state index contributed by atoms with van der Waals surface area (Å²) in [4.78, 5) is 41.3. The highest BCUT2D eigenvalue weighted by Crippen LogP contribution is 2.42. The van der Waals surface area contributed by atoms with Gasteiger partial charge in [0.2, 0.25) is 0 Å². The molecule has 9 nitrogen and oxygen atoms in total. The van der Waals surface area contributed by atoms with Crippen LogP contribution in [0.3, 0.4) is 0 Å². The zero-order chi connectivity index (χ0) is 30.2. The summed E-state index contributed by atoms with van der Waals surface area (Å²) in [7, 11) is 1.61. The lowest BCUT2D eigenvalue weighted by atomic mass is 9.96. The van der Waals surface area contributed by atoms with E-state index in [9.17, 15) is 19.5 Å². The van der Waals surface area contributed by atoms with Gasteiger partial charge in [-0.1, -0.05) is 60.7 Å². The Balaban J connectivity index is 1.59. The molecule has 2 amide bonds. The Morgan fingerprint density at radius 3 is 2.35 bits per heavy atom. The number of aromatic carboxylic acids is 1. The van der Waals surface area contributed by atoms with Crippen LogP contribution in [0.1, 0.15) is 46.3 Å². The summed E-state index contributed by atoms with van der Waals surface area (Å²) in [5.74, 6) is -1.33. The normalized spacial score (nSPS) is 16.2. The Labute approximate surface area is 249 Å². The predicted molar refractivity (Wildman–Crippen MR) is 166 cm³/mol. The number of aromatic nitrogens is 1. The number of likely N-dealkylation sites (tertiary alicyclic amines) is 1. The SMILES string of the molecule is COc1ccccc1-c1ccc2c(c1)NC(=O)C2=Cc1c(-c2ccccc2)c(C(=O)O)c(C)n1C(C(N)=O)N1CCCC1. The van der Waals surface area contributed by atoms with Crippen molar-refractivity contribution in [2.45, 2.75) is 25.9 Å². The number of nitrogens with two attached hydrogens (primary N) is 1. The second-order valence-electron chi connectivity index (χ2n) is 10.8. The van der Waals surface area contributed by atoms with Crippen molar-refractivity contribution in [3.05, 3.63) is 95.3 Å². The number of hydrogen-bond acceptors (Lipinski definition) is 5. The molecule has 0 saturated carbocycles. The van der Waals surface area contributed by atoms with E-state index < -0.39 is 18.0 Å². The number of primary amides is 1. The van der Waals surface area contributed by atoms with Gasteiger partial charge < -0.3 is 25.5 Å². The van der Waals surface area contributed by atoms with Crippen LogP contribution in [0.4, 0.5) is 5.69 Å². The quantitative estimate of drug-likeness (QED) is 0.241. The summed E-state index contributed by atoms with van der Waals surface area (Å²) >= 11 is 0. The Morgan fingerprint density at radius 1 is 0.977 bits per heavy atom. The number of nitrogens with one attached hydrogen (secondary N) is 1. The third-order valence-electron chi connectivity index (χ3n) is 8.25. The van der Waals surface area contributed by atoms with Crippen molar-refractivity contribution < 1.29 is 24.2 Å². The third kappa shape index (κ3) is 4.87. The minimum atomic E-state index is -1.13. The molecular formula is C34H32N4O5. The van der Waals surface area contributed by atoms with E-state index in [0.29, 0.717) is 58.2 Å². The predicted octanol–water partition coefficient (Wildman–Crippen LogP) is 5.41. The van der Waals surface area contributed by atoms with E-state index in [2.05, 4.69) is 5.32 Å². The minimum Gasteiger partial charge on any atom is -0.496 e. The monoisotopic (exact) mass is 576 g/mol. The number of fused-ring (bicyclic) bond motifs is 1. The van der Waals surface area contributed by atoms with Gasteiger partial charge in [0.1, 0.15) is 5.75 Å². The number of para-hydroxylation sites is 1. The maximum atomic E-state index is 13.5. The van der Waals surface area contributed by atoms with Crippen molar-refractivity contribution in [1.29, 1.82) is 0 Å². The van der Waals surface area contributed by atoms with Crippen LogP contribution in [0.5, 0.6) is 5.75 Å². The zero-order valence-electron chi connectivity index (χ0n) is 24.0. The highest BCUT2D eigenvalue weighted by atomic mass is 16.5. The van der Waals surface area contributed by atoms with Gasteiger partial charge in [0.15, 0.2) is 6.17 Å². The fourth-order valence-electron chi connectivity index (χ4n) is 6.33. The van der Waals surface area contributed by atoms with Crippen molar-refractivity contribution in [2.75, 3.05) is 25.5 Å². The van der Waals surface area contributed by atoms with Crippen LogP contribution >= 0.6 is 0 Å². The first-order valence-electron chi connectivity index (χ1n) is 14.2. The number of methoxy groups -OCH3 is 1. The summed E-state index contributed by atoms with van der Waals surface area (Å²) in [6.07, 6.45) is 2.59. The molecule has 4 N–H and O–H groups in total. The van der Waals surface area contributed by atoms with Crippen LogP contribution in [0.15, 0.2) is 72.8 Å². The molecule has 2 aliphatic rings. The van der Waals surface area contributed by atoms with Gasteiger partial charge in [-0.05, 0) is 49.1 Å². The largest absolute Gasteiger partial charge is 0.496 e. The molecule has 0 bridgehead atoms. The van der Waals surface area contributed by atoms with E-state index in [1.54, 1.807) is 24.7 Å². The van der Waals surface area contributed by atoms with E-state index in [4.69, 9.17) is 10.5 Å². The maximum absolute atomic E-state index is 13.5. The molecular weight excluding hydrogens is 544 g/mol. The standard InChI is InChI=1S/C34H32N4O5/c1-20-29(34(41)42)30(21-10-4-3-5-11-21)27(38(20)33(31(35)39)37-16-8-9-17-37)19-25-24-15-14-22(18-26(24)36-32(25)40)23-12-6-7-13-28(23)43-2/h3-7,10-15,18-19,33H,8-9,16-17H2,1-2H3,(H2,35,39)(H,36,40)(H,41,42). The molecule has 0 spiro atoms. The summed E-state index contributed by atoms with van der Waals surface area (Å²) in [6, 6.07) is 22.5. The topological polar surface area (TPSA) is 127 Å². The lowest BCUT2D eigenvalue weighted by Crippen LogP contribution is -2.40. The first kappa shape index (κ1) is 28.0. The molecule has 0 radical (unpaired) electrons. The van der Waals surface area contributed by atoms with Gasteiger partial charge in [-0.25, -0.2) is 4.79 Å². The minimum absolute atomic E-state index is 0.0636. The third-order valence-corrected chi connectivity index (χ3v) is 8.25. The number of hydrogen-bond donors (Lipinski definition) is 3. The van der Waals surface area contributed by atoms with Crippen molar-refractivity contribution in [3.8, 4) is 28.0 Å².